The Hall–Kier alpha value is -3.15. The average molecular weight is 660 g/mol. The minimum Gasteiger partial charge on any atom is -0.467 e. The maximum Gasteiger partial charge on any atom is 1.00 e. The molecule has 1 heterocycles. The van der Waals surface area contributed by atoms with E-state index in [1.165, 1.54) is 27.8 Å². The van der Waals surface area contributed by atoms with E-state index in [-0.39, 0.29) is 71.6 Å². The number of rotatable bonds is 9. The number of fused-ring (bicyclic) bond motifs is 3. The summed E-state index contributed by atoms with van der Waals surface area (Å²) in [4.78, 5) is 42.8. The van der Waals surface area contributed by atoms with Crippen molar-refractivity contribution in [1.29, 1.82) is 0 Å². The smallest absolute Gasteiger partial charge is 0.467 e. The molecule has 1 amide bonds. The van der Waals surface area contributed by atoms with Crippen molar-refractivity contribution in [2.45, 2.75) is 77.2 Å². The van der Waals surface area contributed by atoms with Crippen LogP contribution in [0.5, 0.6) is 0 Å². The summed E-state index contributed by atoms with van der Waals surface area (Å²) in [6.07, 6.45) is 6.62. The number of carbonyl (C=O) groups is 3. The second-order valence-corrected chi connectivity index (χ2v) is 12.1. The van der Waals surface area contributed by atoms with Crippen LogP contribution in [0.25, 0.3) is 11.1 Å². The van der Waals surface area contributed by atoms with Gasteiger partial charge in [-0.1, -0.05) is 60.5 Å². The number of ether oxygens (including phenoxy) is 1. The molecule has 0 bridgehead atoms. The largest absolute Gasteiger partial charge is 1.00 e. The number of aliphatic hydroxyl groups excluding tert-OH is 1. The predicted octanol–water partition coefficient (Wildman–Crippen LogP) is 3.01. The molecule has 0 saturated carbocycles. The van der Waals surface area contributed by atoms with Crippen LogP contribution in [0.2, 0.25) is 0 Å². The Balaban J connectivity index is 0.000000735. The molecular weight excluding hydrogens is 609 g/mol. The molecule has 3 aliphatic rings. The van der Waals surface area contributed by atoms with Gasteiger partial charge in [-0.05, 0) is 74.3 Å². The Morgan fingerprint density at radius 2 is 1.60 bits per heavy atom. The first-order valence-electron chi connectivity index (χ1n) is 15.3. The van der Waals surface area contributed by atoms with E-state index in [0.717, 1.165) is 44.2 Å². The molecule has 0 unspecified atom stereocenters. The maximum atomic E-state index is 12.1. The Morgan fingerprint density at radius 3 is 2.11 bits per heavy atom. The maximum absolute atomic E-state index is 12.1. The van der Waals surface area contributed by atoms with Crippen LogP contribution in [0.1, 0.15) is 82.8 Å². The van der Waals surface area contributed by atoms with Crippen LogP contribution in [-0.2, 0) is 19.1 Å². The molecule has 0 saturated heterocycles. The third-order valence-corrected chi connectivity index (χ3v) is 7.45. The number of nitrogens with two attached hydrogens (primary N) is 1. The molecule has 0 fully saturated rings. The van der Waals surface area contributed by atoms with E-state index < -0.39 is 0 Å². The third kappa shape index (κ3) is 14.2. The average Bonchev–Trinajstić information content (AvgIpc) is 3.35. The molecule has 252 valence electrons. The molecule has 2 aromatic carbocycles. The van der Waals surface area contributed by atoms with Crippen molar-refractivity contribution >= 4 is 19.2 Å². The normalized spacial score (nSPS) is 14.2. The van der Waals surface area contributed by atoms with Crippen LogP contribution >= 0.6 is 0 Å². The molecule has 0 radical (unpaired) electrons. The molecule has 2 aliphatic carbocycles. The Kier molecular flexibility index (Phi) is 20.9. The number of nitrogens with zero attached hydrogens (tertiary/aromatic N) is 2. The van der Waals surface area contributed by atoms with E-state index in [0.29, 0.717) is 32.5 Å². The summed E-state index contributed by atoms with van der Waals surface area (Å²) in [7, 11) is 0. The number of unbranched alkanes of at least 4 members (excludes halogenated alkanes) is 2. The van der Waals surface area contributed by atoms with Crippen molar-refractivity contribution < 1.29 is 58.7 Å². The zero-order valence-corrected chi connectivity index (χ0v) is 30.7. The van der Waals surface area contributed by atoms with Gasteiger partial charge in [0.25, 0.3) is 6.47 Å². The van der Waals surface area contributed by atoms with Crippen molar-refractivity contribution in [3.05, 3.63) is 100 Å². The number of allylic oxidation sites excluding steroid dienone is 1. The van der Waals surface area contributed by atoms with Crippen molar-refractivity contribution in [1.82, 2.24) is 4.90 Å². The number of hydrogen-bond donors (Lipinski definition) is 2. The predicted molar refractivity (Wildman–Crippen MR) is 181 cm³/mol. The number of benzene rings is 2. The zero-order valence-electron chi connectivity index (χ0n) is 28.7. The fourth-order valence-corrected chi connectivity index (χ4v) is 5.47. The van der Waals surface area contributed by atoms with Gasteiger partial charge in [-0.15, -0.1) is 0 Å². The van der Waals surface area contributed by atoms with Crippen LogP contribution in [-0.4, -0.2) is 65.9 Å². The molecule has 10 nitrogen and oxygen atoms in total. The van der Waals surface area contributed by atoms with Crippen molar-refractivity contribution in [3.8, 4) is 11.1 Å². The third-order valence-electron chi connectivity index (χ3n) is 7.45. The Bertz CT molecular complexity index is 1300. The van der Waals surface area contributed by atoms with E-state index in [1.54, 1.807) is 11.0 Å². The van der Waals surface area contributed by atoms with Crippen LogP contribution in [0.15, 0.2) is 71.5 Å². The van der Waals surface area contributed by atoms with Crippen LogP contribution in [0.4, 0.5) is 0 Å². The summed E-state index contributed by atoms with van der Waals surface area (Å²) >= 11 is 0. The number of hydrogen-bond acceptors (Lipinski definition) is 8. The first-order valence-corrected chi connectivity index (χ1v) is 15.3. The number of amides is 1. The van der Waals surface area contributed by atoms with E-state index in [2.05, 4.69) is 24.3 Å². The minimum absolute atomic E-state index is 0. The van der Waals surface area contributed by atoms with Crippen molar-refractivity contribution in [2.24, 2.45) is 5.73 Å². The van der Waals surface area contributed by atoms with Gasteiger partial charge >= 0.3 is 29.6 Å². The monoisotopic (exact) mass is 659 g/mol. The molecule has 0 atom stereocenters. The molecule has 3 N–H and O–H groups in total. The van der Waals surface area contributed by atoms with Crippen LogP contribution in [0.3, 0.4) is 0 Å². The molecule has 0 spiro atoms. The fourth-order valence-electron chi connectivity index (χ4n) is 5.47. The van der Waals surface area contributed by atoms with Gasteiger partial charge < -0.3 is 32.7 Å². The second kappa shape index (κ2) is 22.4. The SMILES string of the molecule is C=O.CC(C)(C)N.O=C(CCCCCO)N1CCC2=C(C=C([N+](=O)[O-])CC2)C1.O=COCC1c2ccccc2-c2ccccc21.[CH3-].[Na+]. The Labute approximate surface area is 301 Å². The van der Waals surface area contributed by atoms with Gasteiger partial charge in [0.2, 0.25) is 11.6 Å². The van der Waals surface area contributed by atoms with E-state index in [9.17, 15) is 19.7 Å². The topological polar surface area (TPSA) is 153 Å². The molecule has 2 aromatic rings. The standard InChI is InChI=1S/C15H22N2O4.C15H12O2.C4H11N.CH2O.CH3.Na/c18-9-3-1-2-4-15(19)16-8-7-12-5-6-14(17(20)21)10-13(12)11-16;16-10-17-9-15-13-7-3-1-5-11(13)12-6-2-4-8-14(12)15;1-4(2,3)5;1-2;;/h10,18H,1-9,11H2;1-8,10,15H,9H2;5H2,1-3H3;1H2;1H3;/q;;;;-1;+1. The van der Waals surface area contributed by atoms with Crippen molar-refractivity contribution in [3.63, 3.8) is 0 Å². The Morgan fingerprint density at radius 1 is 1.04 bits per heavy atom. The molecule has 5 rings (SSSR count). The number of aliphatic hydroxyl groups is 1. The van der Waals surface area contributed by atoms with E-state index in [1.807, 2.05) is 51.8 Å². The van der Waals surface area contributed by atoms with Crippen LogP contribution < -0.4 is 35.3 Å². The number of carbonyl (C=O) groups excluding carboxylic acids is 3. The molecule has 1 aliphatic heterocycles. The summed E-state index contributed by atoms with van der Waals surface area (Å²) in [6.45, 7) is 10.2. The fraction of sp³-hybridized carbons (Fsp3) is 0.444. The van der Waals surface area contributed by atoms with Gasteiger partial charge in [-0.2, -0.15) is 0 Å². The van der Waals surface area contributed by atoms with Gasteiger partial charge in [0, 0.05) is 50.1 Å². The molecular formula is C36H50N3NaO7. The summed E-state index contributed by atoms with van der Waals surface area (Å²) < 4.78 is 4.95. The summed E-state index contributed by atoms with van der Waals surface area (Å²) in [5.41, 5.74) is 12.8. The second-order valence-electron chi connectivity index (χ2n) is 12.1. The van der Waals surface area contributed by atoms with E-state index in [4.69, 9.17) is 20.4 Å². The van der Waals surface area contributed by atoms with Gasteiger partial charge in [0.1, 0.15) is 13.4 Å². The minimum atomic E-state index is -0.320. The quantitative estimate of drug-likeness (QED) is 0.104. The molecule has 0 aromatic heterocycles. The van der Waals surface area contributed by atoms with Gasteiger partial charge in [-0.3, -0.25) is 19.7 Å². The first-order chi connectivity index (χ1) is 21.5. The van der Waals surface area contributed by atoms with E-state index >= 15 is 0 Å². The molecule has 47 heavy (non-hydrogen) atoms. The summed E-state index contributed by atoms with van der Waals surface area (Å²) in [6, 6.07) is 16.6. The summed E-state index contributed by atoms with van der Waals surface area (Å²) in [5, 5.41) is 19.6. The number of nitro groups is 1. The van der Waals surface area contributed by atoms with Gasteiger partial charge in [0.05, 0.1) is 4.92 Å². The van der Waals surface area contributed by atoms with Gasteiger partial charge in [0.15, 0.2) is 0 Å². The van der Waals surface area contributed by atoms with Crippen molar-refractivity contribution in [2.75, 3.05) is 26.3 Å². The first kappa shape index (κ1) is 43.9. The zero-order chi connectivity index (χ0) is 33.4. The van der Waals surface area contributed by atoms with Gasteiger partial charge in [-0.25, -0.2) is 0 Å². The summed E-state index contributed by atoms with van der Waals surface area (Å²) in [5.74, 6) is 0.286. The van der Waals surface area contributed by atoms with Crippen LogP contribution in [0, 0.1) is 17.5 Å². The molecule has 11 heteroatoms.